The number of hydrogen-bond acceptors (Lipinski definition) is 7. The Labute approximate surface area is 193 Å². The molecule has 33 heavy (non-hydrogen) atoms. The van der Waals surface area contributed by atoms with Crippen molar-refractivity contribution in [3.8, 4) is 0 Å². The van der Waals surface area contributed by atoms with Crippen molar-refractivity contribution in [2.24, 2.45) is 0 Å². The number of H-pyrrole nitrogens is 1. The van der Waals surface area contributed by atoms with Crippen molar-refractivity contribution in [2.75, 3.05) is 25.0 Å². The zero-order valence-electron chi connectivity index (χ0n) is 19.6. The van der Waals surface area contributed by atoms with Crippen molar-refractivity contribution in [3.05, 3.63) is 29.3 Å². The third-order valence-electron chi connectivity index (χ3n) is 6.31. The third kappa shape index (κ3) is 5.87. The third-order valence-corrected chi connectivity index (χ3v) is 6.31. The predicted octanol–water partition coefficient (Wildman–Crippen LogP) is 2.69. The maximum atomic E-state index is 13.3. The summed E-state index contributed by atoms with van der Waals surface area (Å²) in [5.74, 6) is 1.89. The molecule has 2 aromatic rings. The van der Waals surface area contributed by atoms with E-state index in [0.717, 1.165) is 43.5 Å². The molecule has 2 fully saturated rings. The van der Waals surface area contributed by atoms with Crippen LogP contribution in [0.15, 0.2) is 12.1 Å². The summed E-state index contributed by atoms with van der Waals surface area (Å²) in [5.41, 5.74) is 1.24. The second kappa shape index (κ2) is 9.86. The van der Waals surface area contributed by atoms with Crippen LogP contribution in [0.4, 0.5) is 11.6 Å². The Morgan fingerprint density at radius 2 is 1.97 bits per heavy atom. The van der Waals surface area contributed by atoms with E-state index in [1.54, 1.807) is 0 Å². The molecular formula is C23H33N7O3. The number of carbonyl (C=O) groups excluding carboxylic acids is 2. The highest BCUT2D eigenvalue weighted by Gasteiger charge is 2.37. The molecule has 10 nitrogen and oxygen atoms in total. The van der Waals surface area contributed by atoms with Crippen molar-refractivity contribution in [3.63, 3.8) is 0 Å². The van der Waals surface area contributed by atoms with Gasteiger partial charge >= 0.3 is 0 Å². The van der Waals surface area contributed by atoms with Crippen LogP contribution in [-0.2, 0) is 14.3 Å². The number of carbonyl (C=O) groups is 2. The first kappa shape index (κ1) is 23.2. The number of anilines is 2. The maximum Gasteiger partial charge on any atom is 0.225 e. The fourth-order valence-electron chi connectivity index (χ4n) is 4.84. The smallest absolute Gasteiger partial charge is 0.225 e. The van der Waals surface area contributed by atoms with E-state index < -0.39 is 5.54 Å². The number of ether oxygens (including phenoxy) is 1. The maximum absolute atomic E-state index is 13.3. The van der Waals surface area contributed by atoms with E-state index >= 15 is 0 Å². The Morgan fingerprint density at radius 3 is 2.67 bits per heavy atom. The van der Waals surface area contributed by atoms with Gasteiger partial charge in [0.1, 0.15) is 17.7 Å². The molecule has 1 saturated heterocycles. The molecule has 2 aliphatic rings. The molecule has 4 rings (SSSR count). The highest BCUT2D eigenvalue weighted by molar-refractivity contribution is 5.80. The molecule has 0 unspecified atom stereocenters. The van der Waals surface area contributed by atoms with Crippen LogP contribution in [0.2, 0.25) is 0 Å². The summed E-state index contributed by atoms with van der Waals surface area (Å²) >= 11 is 0. The topological polar surface area (TPSA) is 125 Å². The van der Waals surface area contributed by atoms with Crippen LogP contribution in [0, 0.1) is 13.8 Å². The Balaban J connectivity index is 1.45. The van der Waals surface area contributed by atoms with Crippen LogP contribution < -0.4 is 10.6 Å². The van der Waals surface area contributed by atoms with E-state index in [1.807, 2.05) is 30.9 Å². The Morgan fingerprint density at radius 1 is 1.18 bits per heavy atom. The van der Waals surface area contributed by atoms with Gasteiger partial charge in [-0.2, -0.15) is 5.10 Å². The molecule has 10 heteroatoms. The van der Waals surface area contributed by atoms with Gasteiger partial charge < -0.3 is 20.3 Å². The minimum absolute atomic E-state index is 0.0510. The lowest BCUT2D eigenvalue weighted by molar-refractivity contribution is -0.141. The number of nitrogens with one attached hydrogen (secondary N) is 3. The quantitative estimate of drug-likeness (QED) is 0.611. The Kier molecular flexibility index (Phi) is 6.92. The second-order valence-corrected chi connectivity index (χ2v) is 9.18. The molecule has 0 spiro atoms. The van der Waals surface area contributed by atoms with Crippen LogP contribution >= 0.6 is 0 Å². The first-order valence-corrected chi connectivity index (χ1v) is 11.6. The van der Waals surface area contributed by atoms with Gasteiger partial charge in [-0.15, -0.1) is 0 Å². The average molecular weight is 456 g/mol. The van der Waals surface area contributed by atoms with Crippen LogP contribution in [0.5, 0.6) is 0 Å². The lowest BCUT2D eigenvalue weighted by atomic mass is 9.78. The summed E-state index contributed by atoms with van der Waals surface area (Å²) in [7, 11) is 0. The van der Waals surface area contributed by atoms with E-state index in [0.29, 0.717) is 43.6 Å². The summed E-state index contributed by atoms with van der Waals surface area (Å²) < 4.78 is 5.98. The van der Waals surface area contributed by atoms with Gasteiger partial charge in [-0.25, -0.2) is 9.97 Å². The molecule has 178 valence electrons. The molecule has 1 aliphatic carbocycles. The van der Waals surface area contributed by atoms with Crippen molar-refractivity contribution >= 4 is 23.5 Å². The predicted molar refractivity (Wildman–Crippen MR) is 123 cm³/mol. The summed E-state index contributed by atoms with van der Waals surface area (Å²) in [4.78, 5) is 36.0. The normalized spacial score (nSPS) is 20.3. The van der Waals surface area contributed by atoms with Crippen LogP contribution in [0.1, 0.15) is 68.8 Å². The van der Waals surface area contributed by atoms with E-state index in [1.165, 1.54) is 6.92 Å². The lowest BCUT2D eigenvalue weighted by Crippen LogP contribution is -2.53. The summed E-state index contributed by atoms with van der Waals surface area (Å²) in [6.45, 7) is 6.68. The van der Waals surface area contributed by atoms with Crippen LogP contribution in [0.25, 0.3) is 0 Å². The van der Waals surface area contributed by atoms with E-state index in [-0.39, 0.29) is 17.9 Å². The number of aromatic nitrogens is 4. The molecule has 1 atom stereocenters. The fraction of sp³-hybridized carbons (Fsp3) is 0.609. The number of amides is 2. The number of aryl methyl sites for hydroxylation is 2. The van der Waals surface area contributed by atoms with Crippen molar-refractivity contribution in [1.29, 1.82) is 0 Å². The van der Waals surface area contributed by atoms with Gasteiger partial charge in [0.2, 0.25) is 11.8 Å². The van der Waals surface area contributed by atoms with Gasteiger partial charge in [0, 0.05) is 43.3 Å². The highest BCUT2D eigenvalue weighted by Crippen LogP contribution is 2.32. The molecular weight excluding hydrogens is 422 g/mol. The van der Waals surface area contributed by atoms with Gasteiger partial charge in [0.15, 0.2) is 5.82 Å². The van der Waals surface area contributed by atoms with E-state index in [9.17, 15) is 9.59 Å². The summed E-state index contributed by atoms with van der Waals surface area (Å²) in [5, 5.41) is 13.4. The average Bonchev–Trinajstić information content (AvgIpc) is 3.18. The van der Waals surface area contributed by atoms with Crippen LogP contribution in [-0.4, -0.2) is 62.1 Å². The van der Waals surface area contributed by atoms with Gasteiger partial charge in [-0.3, -0.25) is 14.7 Å². The molecule has 0 radical (unpaired) electrons. The molecule has 2 amide bonds. The molecule has 2 aromatic heterocycles. The van der Waals surface area contributed by atoms with Gasteiger partial charge in [0.25, 0.3) is 0 Å². The van der Waals surface area contributed by atoms with Crippen LogP contribution in [0.3, 0.4) is 0 Å². The van der Waals surface area contributed by atoms with E-state index in [2.05, 4.69) is 30.8 Å². The number of morpholine rings is 1. The van der Waals surface area contributed by atoms with Gasteiger partial charge in [-0.1, -0.05) is 19.3 Å². The van der Waals surface area contributed by atoms with Crippen molar-refractivity contribution in [2.45, 2.75) is 70.9 Å². The van der Waals surface area contributed by atoms with Gasteiger partial charge in [0.05, 0.1) is 18.8 Å². The monoisotopic (exact) mass is 455 g/mol. The van der Waals surface area contributed by atoms with Crippen molar-refractivity contribution in [1.82, 2.24) is 30.4 Å². The molecule has 3 N–H and O–H groups in total. The van der Waals surface area contributed by atoms with Crippen molar-refractivity contribution < 1.29 is 14.3 Å². The minimum Gasteiger partial charge on any atom is -0.368 e. The lowest BCUT2D eigenvalue weighted by Gasteiger charge is -2.40. The highest BCUT2D eigenvalue weighted by atomic mass is 16.5. The molecule has 1 saturated carbocycles. The summed E-state index contributed by atoms with van der Waals surface area (Å²) in [6.07, 6.45) is 4.89. The largest absolute Gasteiger partial charge is 0.368 e. The standard InChI is InChI=1S/C23H33N7O3/c1-15-11-21(29-28-15)26-20-12-18(24-16(2)25-20)19-14-30(9-10-33-19)22(32)13-23(27-17(3)31)7-5-4-6-8-23/h11-12,19H,4-10,13-14H2,1-3H3,(H,27,31)(H2,24,25,26,28,29)/t19-/m0/s1. The summed E-state index contributed by atoms with van der Waals surface area (Å²) in [6, 6.07) is 3.74. The zero-order chi connectivity index (χ0) is 23.4. The number of rotatable bonds is 6. The molecule has 3 heterocycles. The second-order valence-electron chi connectivity index (χ2n) is 9.18. The number of hydrogen-bond donors (Lipinski definition) is 3. The molecule has 1 aliphatic heterocycles. The van der Waals surface area contributed by atoms with E-state index in [4.69, 9.17) is 4.74 Å². The molecule has 0 bridgehead atoms. The minimum atomic E-state index is -0.431. The Bertz CT molecular complexity index is 1000. The van der Waals surface area contributed by atoms with Gasteiger partial charge in [-0.05, 0) is 26.7 Å². The zero-order valence-corrected chi connectivity index (χ0v) is 19.6. The molecule has 0 aromatic carbocycles. The number of aromatic amines is 1. The SMILES string of the molecule is CC(=O)NC1(CC(=O)N2CCO[C@H](c3cc(Nc4cc(C)[nH]n4)nc(C)n3)C2)CCCCC1. The number of nitrogens with zero attached hydrogens (tertiary/aromatic N) is 4. The first-order valence-electron chi connectivity index (χ1n) is 11.6. The fourth-order valence-corrected chi connectivity index (χ4v) is 4.84. The Hall–Kier alpha value is -3.01. The first-order chi connectivity index (χ1) is 15.8.